The van der Waals surface area contributed by atoms with Gasteiger partial charge in [0.15, 0.2) is 5.11 Å². The molecule has 0 amide bonds. The molecule has 8 heteroatoms. The molecule has 1 aliphatic rings. The number of aliphatic imine (C=N–C) groups is 1. The van der Waals surface area contributed by atoms with Gasteiger partial charge in [0.05, 0.1) is 0 Å². The van der Waals surface area contributed by atoms with Crippen LogP contribution in [-0.4, -0.2) is 47.6 Å². The van der Waals surface area contributed by atoms with Crippen molar-refractivity contribution in [2.75, 3.05) is 27.9 Å². The molecule has 0 radical (unpaired) electrons. The molecule has 109 valence electrons. The SMILES string of the molecule is CO[Si-](CCCNC(=S)NC1=NC=CC1)(OC)OC. The number of rotatable bonds is 7. The molecule has 0 bridgehead atoms. The standard InChI is InChI=1S/C11H21N3O3SSi/c1-15-19(16-2,17-3)9-5-8-13-11(18)14-10-6-4-7-12-10/h4,7H,5-6,8-9H2,1-3H3,(H2,12,13,14,18)/q-1. The van der Waals surface area contributed by atoms with Crippen LogP contribution in [-0.2, 0) is 13.3 Å². The highest BCUT2D eigenvalue weighted by Crippen LogP contribution is 2.14. The zero-order valence-electron chi connectivity index (χ0n) is 11.6. The van der Waals surface area contributed by atoms with Crippen molar-refractivity contribution in [2.24, 2.45) is 4.99 Å². The Bertz CT molecular complexity index is 351. The Balaban J connectivity index is 2.17. The third-order valence-electron chi connectivity index (χ3n) is 2.78. The van der Waals surface area contributed by atoms with Crippen LogP contribution in [0.2, 0.25) is 6.04 Å². The summed E-state index contributed by atoms with van der Waals surface area (Å²) in [5.74, 6) is 0.867. The molecule has 1 aliphatic heterocycles. The number of hydrogen-bond donors (Lipinski definition) is 2. The Morgan fingerprint density at radius 2 is 2.05 bits per heavy atom. The van der Waals surface area contributed by atoms with Crippen LogP contribution in [0, 0.1) is 0 Å². The summed E-state index contributed by atoms with van der Waals surface area (Å²) in [6.45, 7) is 0.734. The van der Waals surface area contributed by atoms with Gasteiger partial charge in [0.25, 0.3) is 8.80 Å². The van der Waals surface area contributed by atoms with E-state index in [0.717, 1.165) is 31.3 Å². The van der Waals surface area contributed by atoms with Gasteiger partial charge < -0.3 is 23.9 Å². The average Bonchev–Trinajstić information content (AvgIpc) is 2.93. The van der Waals surface area contributed by atoms with Crippen LogP contribution in [0.4, 0.5) is 0 Å². The van der Waals surface area contributed by atoms with Gasteiger partial charge in [0.2, 0.25) is 0 Å². The van der Waals surface area contributed by atoms with Gasteiger partial charge in [0, 0.05) is 19.2 Å². The molecule has 1 rings (SSSR count). The maximum atomic E-state index is 5.34. The van der Waals surface area contributed by atoms with E-state index in [1.54, 1.807) is 27.5 Å². The van der Waals surface area contributed by atoms with Crippen LogP contribution in [0.15, 0.2) is 17.3 Å². The minimum absolute atomic E-state index is 0.585. The lowest BCUT2D eigenvalue weighted by molar-refractivity contribution is 0.123. The van der Waals surface area contributed by atoms with Crippen molar-refractivity contribution in [1.29, 1.82) is 0 Å². The predicted molar refractivity (Wildman–Crippen MR) is 81.1 cm³/mol. The summed E-state index contributed by atoms with van der Waals surface area (Å²) < 4.78 is 16.0. The van der Waals surface area contributed by atoms with Crippen molar-refractivity contribution in [3.8, 4) is 0 Å². The first-order chi connectivity index (χ1) is 9.15. The zero-order chi connectivity index (χ0) is 14.1. The quantitative estimate of drug-likeness (QED) is 0.416. The lowest BCUT2D eigenvalue weighted by atomic mass is 10.4. The molecular formula is C11H21N3O3SSi-. The Morgan fingerprint density at radius 3 is 2.58 bits per heavy atom. The monoisotopic (exact) mass is 303 g/mol. The van der Waals surface area contributed by atoms with Crippen molar-refractivity contribution >= 4 is 32.0 Å². The van der Waals surface area contributed by atoms with Crippen LogP contribution < -0.4 is 10.6 Å². The van der Waals surface area contributed by atoms with E-state index in [0.29, 0.717) is 5.11 Å². The Kier molecular flexibility index (Phi) is 7.17. The van der Waals surface area contributed by atoms with Gasteiger partial charge in [-0.15, -0.1) is 0 Å². The molecule has 0 aliphatic carbocycles. The van der Waals surface area contributed by atoms with Gasteiger partial charge in [-0.1, -0.05) is 18.5 Å². The van der Waals surface area contributed by atoms with E-state index in [1.807, 2.05) is 6.08 Å². The Labute approximate surface area is 120 Å². The van der Waals surface area contributed by atoms with E-state index in [1.165, 1.54) is 0 Å². The second-order valence-electron chi connectivity index (χ2n) is 3.94. The van der Waals surface area contributed by atoms with Crippen LogP contribution in [0.3, 0.4) is 0 Å². The molecule has 0 atom stereocenters. The second kappa shape index (κ2) is 8.38. The number of nitrogens with one attached hydrogen (secondary N) is 2. The van der Waals surface area contributed by atoms with Crippen molar-refractivity contribution in [2.45, 2.75) is 18.9 Å². The topological polar surface area (TPSA) is 64.1 Å². The summed E-state index contributed by atoms with van der Waals surface area (Å²) >= 11 is 5.17. The van der Waals surface area contributed by atoms with Gasteiger partial charge in [-0.3, -0.25) is 0 Å². The molecule has 0 aromatic heterocycles. The predicted octanol–water partition coefficient (Wildman–Crippen LogP) is 1.03. The van der Waals surface area contributed by atoms with E-state index >= 15 is 0 Å². The highest BCUT2D eigenvalue weighted by atomic mass is 32.1. The minimum Gasteiger partial charge on any atom is -0.527 e. The third-order valence-corrected chi connectivity index (χ3v) is 5.86. The molecule has 19 heavy (non-hydrogen) atoms. The molecule has 6 nitrogen and oxygen atoms in total. The van der Waals surface area contributed by atoms with Crippen LogP contribution in [0.1, 0.15) is 12.8 Å². The molecule has 0 unspecified atom stereocenters. The fraction of sp³-hybridized carbons (Fsp3) is 0.636. The summed E-state index contributed by atoms with van der Waals surface area (Å²) in [5, 5.41) is 6.75. The normalized spacial score (nSPS) is 14.4. The Hall–Kier alpha value is -0.803. The van der Waals surface area contributed by atoms with Gasteiger partial charge >= 0.3 is 0 Å². The molecule has 2 N–H and O–H groups in total. The highest BCUT2D eigenvalue weighted by Gasteiger charge is 2.21. The number of hydrogen-bond acceptors (Lipinski definition) is 5. The summed E-state index contributed by atoms with van der Waals surface area (Å²) in [6.07, 6.45) is 5.39. The molecule has 0 fully saturated rings. The summed E-state index contributed by atoms with van der Waals surface area (Å²) in [7, 11) is 2.38. The molecular weight excluding hydrogens is 282 g/mol. The summed E-state index contributed by atoms with van der Waals surface area (Å²) in [5.41, 5.74) is 0. The molecule has 0 aromatic rings. The van der Waals surface area contributed by atoms with E-state index in [4.69, 9.17) is 25.5 Å². The number of amidine groups is 1. The maximum absolute atomic E-state index is 5.34. The van der Waals surface area contributed by atoms with Gasteiger partial charge in [-0.2, -0.15) is 0 Å². The second-order valence-corrected chi connectivity index (χ2v) is 7.44. The highest BCUT2D eigenvalue weighted by molar-refractivity contribution is 7.80. The molecule has 1 heterocycles. The lowest BCUT2D eigenvalue weighted by Gasteiger charge is -2.38. The van der Waals surface area contributed by atoms with Gasteiger partial charge in [-0.05, 0) is 33.5 Å². The minimum atomic E-state index is -2.46. The molecule has 0 saturated carbocycles. The Morgan fingerprint density at radius 1 is 1.37 bits per heavy atom. The smallest absolute Gasteiger partial charge is 0.280 e. The van der Waals surface area contributed by atoms with E-state index in [2.05, 4.69) is 15.6 Å². The van der Waals surface area contributed by atoms with Gasteiger partial charge in [0.1, 0.15) is 5.84 Å². The van der Waals surface area contributed by atoms with E-state index in [-0.39, 0.29) is 0 Å². The first kappa shape index (κ1) is 16.3. The largest absolute Gasteiger partial charge is 0.527 e. The van der Waals surface area contributed by atoms with Crippen molar-refractivity contribution in [3.63, 3.8) is 0 Å². The van der Waals surface area contributed by atoms with Crippen molar-refractivity contribution < 1.29 is 13.3 Å². The number of nitrogens with zero attached hydrogens (tertiary/aromatic N) is 1. The fourth-order valence-corrected chi connectivity index (χ4v) is 3.62. The first-order valence-corrected chi connectivity index (χ1v) is 8.42. The van der Waals surface area contributed by atoms with Gasteiger partial charge in [-0.25, -0.2) is 4.99 Å². The lowest BCUT2D eigenvalue weighted by Crippen LogP contribution is -2.44. The average molecular weight is 303 g/mol. The van der Waals surface area contributed by atoms with Crippen LogP contribution in [0.25, 0.3) is 0 Å². The fourth-order valence-electron chi connectivity index (χ4n) is 1.68. The third kappa shape index (κ3) is 5.37. The summed E-state index contributed by atoms with van der Waals surface area (Å²) in [4.78, 5) is 4.13. The number of thiocarbonyl (C=S) groups is 1. The summed E-state index contributed by atoms with van der Waals surface area (Å²) in [6, 6.07) is 0.745. The maximum Gasteiger partial charge on any atom is 0.280 e. The first-order valence-electron chi connectivity index (χ1n) is 6.08. The zero-order valence-corrected chi connectivity index (χ0v) is 13.4. The van der Waals surface area contributed by atoms with E-state index in [9.17, 15) is 0 Å². The molecule has 0 saturated heterocycles. The van der Waals surface area contributed by atoms with Crippen molar-refractivity contribution in [3.05, 3.63) is 12.3 Å². The molecule has 0 aromatic carbocycles. The van der Waals surface area contributed by atoms with Crippen LogP contribution >= 0.6 is 12.2 Å². The van der Waals surface area contributed by atoms with E-state index < -0.39 is 8.80 Å². The molecule has 0 spiro atoms. The van der Waals surface area contributed by atoms with Crippen molar-refractivity contribution in [1.82, 2.24) is 10.6 Å². The van der Waals surface area contributed by atoms with Crippen LogP contribution in [0.5, 0.6) is 0 Å².